The van der Waals surface area contributed by atoms with E-state index in [2.05, 4.69) is 10.6 Å². The first-order valence-corrected chi connectivity index (χ1v) is 6.97. The van der Waals surface area contributed by atoms with Crippen molar-refractivity contribution in [1.82, 2.24) is 5.32 Å². The van der Waals surface area contributed by atoms with Gasteiger partial charge in [0.2, 0.25) is 11.8 Å². The van der Waals surface area contributed by atoms with E-state index >= 15 is 0 Å². The van der Waals surface area contributed by atoms with Crippen LogP contribution in [0.15, 0.2) is 48.5 Å². The minimum Gasteiger partial charge on any atom is -0.347 e. The van der Waals surface area contributed by atoms with Crippen LogP contribution in [0, 0.1) is 5.82 Å². The van der Waals surface area contributed by atoms with E-state index in [1.54, 1.807) is 24.3 Å². The van der Waals surface area contributed by atoms with Crippen LogP contribution in [0.2, 0.25) is 5.02 Å². The lowest BCUT2D eigenvalue weighted by molar-refractivity contribution is -0.123. The van der Waals surface area contributed by atoms with Crippen molar-refractivity contribution in [1.29, 1.82) is 0 Å². The van der Waals surface area contributed by atoms with Gasteiger partial charge in [0, 0.05) is 10.7 Å². The van der Waals surface area contributed by atoms with Crippen molar-refractivity contribution in [2.24, 2.45) is 0 Å². The van der Waals surface area contributed by atoms with Crippen molar-refractivity contribution in [3.8, 4) is 0 Å². The smallest absolute Gasteiger partial charge is 0.243 e. The molecule has 0 fully saturated rings. The fourth-order valence-electron chi connectivity index (χ4n) is 1.77. The van der Waals surface area contributed by atoms with Crippen LogP contribution in [0.3, 0.4) is 0 Å². The molecule has 6 heteroatoms. The number of carbonyl (C=O) groups is 2. The Kier molecular flexibility index (Phi) is 5.49. The number of amides is 2. The van der Waals surface area contributed by atoms with Crippen molar-refractivity contribution < 1.29 is 14.0 Å². The van der Waals surface area contributed by atoms with Gasteiger partial charge in [0.05, 0.1) is 13.0 Å². The Labute approximate surface area is 132 Å². The van der Waals surface area contributed by atoms with Gasteiger partial charge in [0.25, 0.3) is 0 Å². The molecule has 2 N–H and O–H groups in total. The molecular weight excluding hydrogens is 307 g/mol. The lowest BCUT2D eigenvalue weighted by atomic mass is 10.1. The zero-order chi connectivity index (χ0) is 15.9. The van der Waals surface area contributed by atoms with Gasteiger partial charge in [-0.15, -0.1) is 0 Å². The second kappa shape index (κ2) is 7.56. The standard InChI is InChI=1S/C16H14ClFN2O2/c17-12-3-7-14(8-4-12)20-16(22)10-19-15(21)9-11-1-5-13(18)6-2-11/h1-8H,9-10H2,(H,19,21)(H,20,22). The molecule has 0 spiro atoms. The number of rotatable bonds is 5. The number of benzene rings is 2. The average molecular weight is 321 g/mol. The number of hydrogen-bond donors (Lipinski definition) is 2. The third kappa shape index (κ3) is 5.18. The molecule has 4 nitrogen and oxygen atoms in total. The molecule has 0 saturated heterocycles. The van der Waals surface area contributed by atoms with Crippen LogP contribution < -0.4 is 10.6 Å². The Hall–Kier alpha value is -2.40. The third-order valence-corrected chi connectivity index (χ3v) is 3.10. The van der Waals surface area contributed by atoms with Crippen molar-refractivity contribution in [3.63, 3.8) is 0 Å². The van der Waals surface area contributed by atoms with Gasteiger partial charge < -0.3 is 10.6 Å². The minimum atomic E-state index is -0.355. The summed E-state index contributed by atoms with van der Waals surface area (Å²) >= 11 is 5.74. The molecule has 0 aromatic heterocycles. The Bertz CT molecular complexity index is 597. The average Bonchev–Trinajstić information content (AvgIpc) is 2.50. The van der Waals surface area contributed by atoms with Crippen LogP contribution in [0.25, 0.3) is 0 Å². The molecule has 2 rings (SSSR count). The van der Waals surface area contributed by atoms with Gasteiger partial charge in [-0.3, -0.25) is 9.59 Å². The molecule has 0 bridgehead atoms. The van der Waals surface area contributed by atoms with Crippen LogP contribution in [0.1, 0.15) is 5.56 Å². The number of halogens is 2. The first kappa shape index (κ1) is 16.0. The summed E-state index contributed by atoms with van der Waals surface area (Å²) in [5, 5.41) is 5.71. The maximum Gasteiger partial charge on any atom is 0.243 e. The normalized spacial score (nSPS) is 10.1. The van der Waals surface area contributed by atoms with Crippen molar-refractivity contribution in [2.75, 3.05) is 11.9 Å². The van der Waals surface area contributed by atoms with Crippen LogP contribution in [-0.4, -0.2) is 18.4 Å². The molecule has 114 valence electrons. The quantitative estimate of drug-likeness (QED) is 0.890. The van der Waals surface area contributed by atoms with Gasteiger partial charge in [-0.25, -0.2) is 4.39 Å². The fraction of sp³-hybridized carbons (Fsp3) is 0.125. The first-order chi connectivity index (χ1) is 10.5. The molecule has 0 aliphatic carbocycles. The predicted molar refractivity (Wildman–Crippen MR) is 83.2 cm³/mol. The van der Waals surface area contributed by atoms with E-state index in [-0.39, 0.29) is 30.6 Å². The Morgan fingerprint density at radius 3 is 2.23 bits per heavy atom. The highest BCUT2D eigenvalue weighted by Crippen LogP contribution is 2.13. The molecule has 0 atom stereocenters. The zero-order valence-corrected chi connectivity index (χ0v) is 12.4. The van der Waals surface area contributed by atoms with E-state index in [1.165, 1.54) is 24.3 Å². The molecule has 0 aliphatic rings. The number of carbonyl (C=O) groups excluding carboxylic acids is 2. The molecule has 2 amide bonds. The van der Waals surface area contributed by atoms with Gasteiger partial charge in [-0.1, -0.05) is 23.7 Å². The summed E-state index contributed by atoms with van der Waals surface area (Å²) in [6, 6.07) is 12.3. The SMILES string of the molecule is O=C(Cc1ccc(F)cc1)NCC(=O)Nc1ccc(Cl)cc1. The van der Waals surface area contributed by atoms with Crippen LogP contribution in [0.4, 0.5) is 10.1 Å². The van der Waals surface area contributed by atoms with E-state index in [0.717, 1.165) is 0 Å². The van der Waals surface area contributed by atoms with Crippen LogP contribution >= 0.6 is 11.6 Å². The van der Waals surface area contributed by atoms with Gasteiger partial charge >= 0.3 is 0 Å². The lowest BCUT2D eigenvalue weighted by Gasteiger charge is -2.07. The van der Waals surface area contributed by atoms with Gasteiger partial charge in [-0.2, -0.15) is 0 Å². The summed E-state index contributed by atoms with van der Waals surface area (Å²) < 4.78 is 12.7. The maximum atomic E-state index is 12.7. The second-order valence-corrected chi connectivity index (χ2v) is 5.07. The highest BCUT2D eigenvalue weighted by molar-refractivity contribution is 6.30. The molecule has 2 aromatic carbocycles. The van der Waals surface area contributed by atoms with Crippen molar-refractivity contribution in [2.45, 2.75) is 6.42 Å². The van der Waals surface area contributed by atoms with Crippen LogP contribution in [0.5, 0.6) is 0 Å². The monoisotopic (exact) mass is 320 g/mol. The zero-order valence-electron chi connectivity index (χ0n) is 11.6. The summed E-state index contributed by atoms with van der Waals surface area (Å²) in [6.07, 6.45) is 0.0918. The van der Waals surface area contributed by atoms with Gasteiger partial charge in [0.1, 0.15) is 5.82 Å². The van der Waals surface area contributed by atoms with Gasteiger partial charge in [0.15, 0.2) is 0 Å². The number of nitrogens with one attached hydrogen (secondary N) is 2. The summed E-state index contributed by atoms with van der Waals surface area (Å²) in [4.78, 5) is 23.4. The van der Waals surface area contributed by atoms with E-state index in [0.29, 0.717) is 16.3 Å². The number of anilines is 1. The topological polar surface area (TPSA) is 58.2 Å². The Balaban J connectivity index is 1.76. The van der Waals surface area contributed by atoms with E-state index in [9.17, 15) is 14.0 Å². The molecular formula is C16H14ClFN2O2. The Morgan fingerprint density at radius 1 is 0.955 bits per heavy atom. The molecule has 0 saturated carbocycles. The molecule has 0 heterocycles. The van der Waals surface area contributed by atoms with Crippen molar-refractivity contribution >= 4 is 29.1 Å². The van der Waals surface area contributed by atoms with E-state index in [4.69, 9.17) is 11.6 Å². The summed E-state index contributed by atoms with van der Waals surface area (Å²) in [5.41, 5.74) is 1.28. The summed E-state index contributed by atoms with van der Waals surface area (Å²) in [7, 11) is 0. The maximum absolute atomic E-state index is 12.7. The minimum absolute atomic E-state index is 0.0918. The van der Waals surface area contributed by atoms with E-state index in [1.807, 2.05) is 0 Å². The lowest BCUT2D eigenvalue weighted by Crippen LogP contribution is -2.33. The van der Waals surface area contributed by atoms with Gasteiger partial charge in [-0.05, 0) is 42.0 Å². The Morgan fingerprint density at radius 2 is 1.59 bits per heavy atom. The second-order valence-electron chi connectivity index (χ2n) is 4.64. The molecule has 0 unspecified atom stereocenters. The largest absolute Gasteiger partial charge is 0.347 e. The molecule has 0 aliphatic heterocycles. The molecule has 0 radical (unpaired) electrons. The summed E-state index contributed by atoms with van der Waals surface area (Å²) in [5.74, 6) is -1.00. The predicted octanol–water partition coefficient (Wildman–Crippen LogP) is 2.78. The third-order valence-electron chi connectivity index (χ3n) is 2.85. The van der Waals surface area contributed by atoms with Crippen molar-refractivity contribution in [3.05, 3.63) is 64.9 Å². The molecule has 22 heavy (non-hydrogen) atoms. The number of hydrogen-bond acceptors (Lipinski definition) is 2. The highest BCUT2D eigenvalue weighted by Gasteiger charge is 2.07. The van der Waals surface area contributed by atoms with Crippen LogP contribution in [-0.2, 0) is 16.0 Å². The fourth-order valence-corrected chi connectivity index (χ4v) is 1.89. The molecule has 2 aromatic rings. The highest BCUT2D eigenvalue weighted by atomic mass is 35.5. The summed E-state index contributed by atoms with van der Waals surface area (Å²) in [6.45, 7) is -0.136. The first-order valence-electron chi connectivity index (χ1n) is 6.59. The van der Waals surface area contributed by atoms with E-state index < -0.39 is 0 Å².